The predicted octanol–water partition coefficient (Wildman–Crippen LogP) is 5.90. The number of hydrogen-bond donors (Lipinski definition) is 0. The Balaban J connectivity index is 1.29. The molecular formula is C24H24Cl2N2O2S. The van der Waals surface area contributed by atoms with Crippen molar-refractivity contribution in [1.82, 2.24) is 9.80 Å². The summed E-state index contributed by atoms with van der Waals surface area (Å²) in [6, 6.07) is 15.5. The molecule has 1 saturated heterocycles. The lowest BCUT2D eigenvalue weighted by atomic mass is 10.2. The molecule has 0 radical (unpaired) electrons. The summed E-state index contributed by atoms with van der Waals surface area (Å²) in [5, 5.41) is 3.45. The van der Waals surface area contributed by atoms with E-state index in [2.05, 4.69) is 11.0 Å². The fourth-order valence-corrected chi connectivity index (χ4v) is 4.96. The molecule has 1 fully saturated rings. The van der Waals surface area contributed by atoms with Gasteiger partial charge in [0.05, 0.1) is 4.88 Å². The second-order valence-electron chi connectivity index (χ2n) is 7.72. The van der Waals surface area contributed by atoms with Gasteiger partial charge in [0.25, 0.3) is 5.91 Å². The Morgan fingerprint density at radius 1 is 1.00 bits per heavy atom. The number of thiophene rings is 1. The molecule has 0 saturated carbocycles. The highest BCUT2D eigenvalue weighted by Crippen LogP contribution is 2.24. The minimum absolute atomic E-state index is 0.0985. The molecular weight excluding hydrogens is 451 g/mol. The number of nitrogens with zero attached hydrogens (tertiary/aromatic N) is 2. The van der Waals surface area contributed by atoms with E-state index in [1.165, 1.54) is 16.9 Å². The third kappa shape index (κ3) is 5.80. The molecule has 0 unspecified atom stereocenters. The molecule has 162 valence electrons. The molecule has 0 aliphatic carbocycles. The number of amides is 1. The number of ether oxygens (including phenoxy) is 1. The van der Waals surface area contributed by atoms with Crippen molar-refractivity contribution in [1.29, 1.82) is 0 Å². The van der Waals surface area contributed by atoms with Crippen molar-refractivity contribution in [3.8, 4) is 5.75 Å². The van der Waals surface area contributed by atoms with E-state index in [1.807, 2.05) is 59.7 Å². The molecule has 7 heteroatoms. The van der Waals surface area contributed by atoms with Crippen molar-refractivity contribution in [2.75, 3.05) is 26.2 Å². The topological polar surface area (TPSA) is 32.8 Å². The van der Waals surface area contributed by atoms with Crippen molar-refractivity contribution < 1.29 is 9.53 Å². The second-order valence-corrected chi connectivity index (χ2v) is 9.50. The van der Waals surface area contributed by atoms with Gasteiger partial charge in [-0.1, -0.05) is 35.3 Å². The number of halogens is 2. The smallest absolute Gasteiger partial charge is 0.264 e. The molecule has 31 heavy (non-hydrogen) atoms. The summed E-state index contributed by atoms with van der Waals surface area (Å²) >= 11 is 13.6. The second kappa shape index (κ2) is 10.0. The van der Waals surface area contributed by atoms with Gasteiger partial charge in [0.2, 0.25) is 0 Å². The zero-order valence-electron chi connectivity index (χ0n) is 17.3. The van der Waals surface area contributed by atoms with Gasteiger partial charge in [0.15, 0.2) is 0 Å². The first-order valence-corrected chi connectivity index (χ1v) is 11.8. The molecule has 2 aromatic carbocycles. The Hall–Kier alpha value is -2.05. The van der Waals surface area contributed by atoms with Crippen molar-refractivity contribution in [3.63, 3.8) is 0 Å². The fraction of sp³-hybridized carbons (Fsp3) is 0.292. The normalized spacial score (nSPS) is 14.6. The van der Waals surface area contributed by atoms with E-state index < -0.39 is 0 Å². The molecule has 3 aromatic rings. The Morgan fingerprint density at radius 3 is 2.52 bits per heavy atom. The van der Waals surface area contributed by atoms with Crippen LogP contribution in [0, 0.1) is 6.92 Å². The van der Waals surface area contributed by atoms with Crippen LogP contribution in [-0.4, -0.2) is 41.9 Å². The van der Waals surface area contributed by atoms with E-state index in [0.717, 1.165) is 59.5 Å². The monoisotopic (exact) mass is 474 g/mol. The van der Waals surface area contributed by atoms with Crippen LogP contribution in [-0.2, 0) is 13.2 Å². The average molecular weight is 475 g/mol. The van der Waals surface area contributed by atoms with Crippen LogP contribution in [0.1, 0.15) is 26.4 Å². The van der Waals surface area contributed by atoms with Crippen molar-refractivity contribution in [3.05, 3.63) is 85.5 Å². The van der Waals surface area contributed by atoms with E-state index >= 15 is 0 Å². The minimum atomic E-state index is 0.0985. The Morgan fingerprint density at radius 2 is 1.77 bits per heavy atom. The van der Waals surface area contributed by atoms with E-state index in [0.29, 0.717) is 11.6 Å². The fourth-order valence-electron chi connectivity index (χ4n) is 3.66. The minimum Gasteiger partial charge on any atom is -0.489 e. The Labute approximate surface area is 197 Å². The number of hydrogen-bond acceptors (Lipinski definition) is 4. The number of aryl methyl sites for hydroxylation is 1. The summed E-state index contributed by atoms with van der Waals surface area (Å²) in [6.45, 7) is 6.42. The van der Waals surface area contributed by atoms with Gasteiger partial charge in [0, 0.05) is 48.3 Å². The van der Waals surface area contributed by atoms with Crippen LogP contribution >= 0.6 is 34.5 Å². The summed E-state index contributed by atoms with van der Waals surface area (Å²) in [5.41, 5.74) is 3.20. The molecule has 1 aliphatic heterocycles. The molecule has 4 rings (SSSR count). The van der Waals surface area contributed by atoms with Crippen molar-refractivity contribution in [2.24, 2.45) is 0 Å². The molecule has 0 bridgehead atoms. The highest BCUT2D eigenvalue weighted by atomic mass is 35.5. The van der Waals surface area contributed by atoms with Gasteiger partial charge >= 0.3 is 0 Å². The van der Waals surface area contributed by atoms with Crippen molar-refractivity contribution in [2.45, 2.75) is 20.1 Å². The highest BCUT2D eigenvalue weighted by Gasteiger charge is 2.23. The van der Waals surface area contributed by atoms with Gasteiger partial charge in [-0.2, -0.15) is 0 Å². The molecule has 1 aromatic heterocycles. The molecule has 2 heterocycles. The zero-order chi connectivity index (χ0) is 21.8. The lowest BCUT2D eigenvalue weighted by molar-refractivity contribution is 0.0633. The van der Waals surface area contributed by atoms with E-state index in [9.17, 15) is 4.79 Å². The van der Waals surface area contributed by atoms with E-state index in [1.54, 1.807) is 0 Å². The van der Waals surface area contributed by atoms with Crippen LogP contribution in [0.5, 0.6) is 5.75 Å². The number of carbonyl (C=O) groups is 1. The van der Waals surface area contributed by atoms with E-state index in [4.69, 9.17) is 27.9 Å². The number of carbonyl (C=O) groups excluding carboxylic acids is 1. The quantitative estimate of drug-likeness (QED) is 0.445. The first-order valence-electron chi connectivity index (χ1n) is 10.2. The third-order valence-corrected chi connectivity index (χ3v) is 6.79. The maximum atomic E-state index is 12.9. The average Bonchev–Trinajstić information content (AvgIpc) is 3.22. The molecule has 0 spiro atoms. The summed E-state index contributed by atoms with van der Waals surface area (Å²) in [5.74, 6) is 0.903. The van der Waals surface area contributed by atoms with Gasteiger partial charge < -0.3 is 9.64 Å². The highest BCUT2D eigenvalue weighted by molar-refractivity contribution is 7.12. The SMILES string of the molecule is Cc1cc(Cl)ccc1OCc1csc(C(=O)N2CCN(Cc3cccc(Cl)c3)CC2)c1. The third-order valence-electron chi connectivity index (χ3n) is 5.35. The zero-order valence-corrected chi connectivity index (χ0v) is 19.6. The van der Waals surface area contributed by atoms with Gasteiger partial charge in [0.1, 0.15) is 12.4 Å². The summed E-state index contributed by atoms with van der Waals surface area (Å²) in [6.07, 6.45) is 0. The first kappa shape index (κ1) is 22.2. The standard InChI is InChI=1S/C24H24Cl2N2O2S/c1-17-11-21(26)5-6-22(17)30-15-19-13-23(31-16-19)24(29)28-9-7-27(8-10-28)14-18-3-2-4-20(25)12-18/h2-6,11-13,16H,7-10,14-15H2,1H3. The van der Waals surface area contributed by atoms with Gasteiger partial charge in [-0.3, -0.25) is 9.69 Å². The van der Waals surface area contributed by atoms with Crippen molar-refractivity contribution >= 4 is 40.4 Å². The summed E-state index contributed by atoms with van der Waals surface area (Å²) < 4.78 is 5.90. The molecule has 4 nitrogen and oxygen atoms in total. The largest absolute Gasteiger partial charge is 0.489 e. The Kier molecular flexibility index (Phi) is 7.18. The van der Waals surface area contributed by atoms with Crippen LogP contribution in [0.3, 0.4) is 0 Å². The number of benzene rings is 2. The maximum Gasteiger partial charge on any atom is 0.264 e. The van der Waals surface area contributed by atoms with Gasteiger partial charge in [-0.05, 0) is 59.8 Å². The van der Waals surface area contributed by atoms with Crippen LogP contribution in [0.4, 0.5) is 0 Å². The number of piperazine rings is 1. The maximum absolute atomic E-state index is 12.9. The molecule has 1 aliphatic rings. The van der Waals surface area contributed by atoms with Gasteiger partial charge in [-0.15, -0.1) is 11.3 Å². The number of rotatable bonds is 6. The molecule has 1 amide bonds. The lowest BCUT2D eigenvalue weighted by Gasteiger charge is -2.34. The van der Waals surface area contributed by atoms with Crippen LogP contribution in [0.2, 0.25) is 10.0 Å². The lowest BCUT2D eigenvalue weighted by Crippen LogP contribution is -2.48. The van der Waals surface area contributed by atoms with Crippen LogP contribution in [0.15, 0.2) is 53.9 Å². The predicted molar refractivity (Wildman–Crippen MR) is 127 cm³/mol. The van der Waals surface area contributed by atoms with Gasteiger partial charge in [-0.25, -0.2) is 0 Å². The first-order chi connectivity index (χ1) is 15.0. The van der Waals surface area contributed by atoms with Crippen LogP contribution < -0.4 is 4.74 Å². The summed E-state index contributed by atoms with van der Waals surface area (Å²) in [7, 11) is 0. The molecule has 0 atom stereocenters. The van der Waals surface area contributed by atoms with E-state index in [-0.39, 0.29) is 5.91 Å². The summed E-state index contributed by atoms with van der Waals surface area (Å²) in [4.78, 5) is 18.0. The van der Waals surface area contributed by atoms with Crippen LogP contribution in [0.25, 0.3) is 0 Å². The Bertz CT molecular complexity index is 1060. The molecule has 0 N–H and O–H groups in total.